The Morgan fingerprint density at radius 1 is 1.00 bits per heavy atom. The molecular weight excluding hydrogens is 446 g/mol. The Labute approximate surface area is 197 Å². The van der Waals surface area contributed by atoms with Crippen molar-refractivity contribution in [1.29, 1.82) is 0 Å². The van der Waals surface area contributed by atoms with Gasteiger partial charge in [-0.25, -0.2) is 0 Å². The Bertz CT molecular complexity index is 1180. The Hall–Kier alpha value is -3.42. The topological polar surface area (TPSA) is 80.1 Å². The summed E-state index contributed by atoms with van der Waals surface area (Å²) < 4.78 is 22.2. The van der Waals surface area contributed by atoms with Crippen LogP contribution < -0.4 is 19.1 Å². The first kappa shape index (κ1) is 22.8. The zero-order chi connectivity index (χ0) is 23.5. The van der Waals surface area contributed by atoms with Crippen LogP contribution in [-0.2, 0) is 16.1 Å². The lowest BCUT2D eigenvalue weighted by Gasteiger charge is -2.24. The van der Waals surface area contributed by atoms with E-state index in [0.717, 1.165) is 5.56 Å². The normalized spacial score (nSPS) is 15.6. The first-order valence-electron chi connectivity index (χ1n) is 10.3. The van der Waals surface area contributed by atoms with Gasteiger partial charge < -0.3 is 29.0 Å². The van der Waals surface area contributed by atoms with Crippen molar-refractivity contribution < 1.29 is 28.8 Å². The first-order valence-corrected chi connectivity index (χ1v) is 10.7. The highest BCUT2D eigenvalue weighted by Gasteiger charge is 2.33. The van der Waals surface area contributed by atoms with Gasteiger partial charge in [-0.2, -0.15) is 0 Å². The van der Waals surface area contributed by atoms with Crippen LogP contribution in [0.15, 0.2) is 54.6 Å². The smallest absolute Gasteiger partial charge is 0.303 e. The molecule has 7 nitrogen and oxygen atoms in total. The van der Waals surface area contributed by atoms with Crippen LogP contribution >= 0.6 is 11.6 Å². The van der Waals surface area contributed by atoms with E-state index in [1.54, 1.807) is 61.6 Å². The molecule has 1 amide bonds. The van der Waals surface area contributed by atoms with Crippen LogP contribution in [0.2, 0.25) is 5.02 Å². The molecule has 2 N–H and O–H groups in total. The predicted molar refractivity (Wildman–Crippen MR) is 126 cm³/mol. The average Bonchev–Trinajstić information content (AvgIpc) is 2.96. The van der Waals surface area contributed by atoms with Crippen LogP contribution in [0.5, 0.6) is 23.0 Å². The van der Waals surface area contributed by atoms with Gasteiger partial charge in [0.15, 0.2) is 0 Å². The molecule has 1 atom stereocenters. The maximum absolute atomic E-state index is 13.2. The molecule has 3 aromatic rings. The lowest BCUT2D eigenvalue weighted by Crippen LogP contribution is -2.32. The van der Waals surface area contributed by atoms with Gasteiger partial charge in [-0.15, -0.1) is 0 Å². The summed E-state index contributed by atoms with van der Waals surface area (Å²) in [4.78, 5) is 14.9. The fraction of sp³-hybridized carbons (Fsp3) is 0.240. The van der Waals surface area contributed by atoms with Gasteiger partial charge in [-0.1, -0.05) is 17.7 Å². The summed E-state index contributed by atoms with van der Waals surface area (Å²) in [5.41, 5.74) is 2.76. The van der Waals surface area contributed by atoms with E-state index in [-0.39, 0.29) is 24.8 Å². The molecule has 0 fully saturated rings. The molecule has 0 saturated carbocycles. The highest BCUT2D eigenvalue weighted by Crippen LogP contribution is 2.43. The van der Waals surface area contributed by atoms with Crippen molar-refractivity contribution in [3.8, 4) is 23.0 Å². The van der Waals surface area contributed by atoms with Gasteiger partial charge in [0.1, 0.15) is 24.2 Å². The molecule has 4 rings (SSSR count). The fourth-order valence-electron chi connectivity index (χ4n) is 3.96. The predicted octanol–water partition coefficient (Wildman–Crippen LogP) is 4.46. The van der Waals surface area contributed by atoms with Crippen molar-refractivity contribution in [2.24, 2.45) is 0 Å². The SMILES string of the molecule is COc1ccc(CN2C(=O)CO[C@H](c3cccc(OC)c3[OH2+])c3cc(Cl)ccc32)c(OC)c1. The van der Waals surface area contributed by atoms with Gasteiger partial charge in [0, 0.05) is 22.2 Å². The van der Waals surface area contributed by atoms with E-state index < -0.39 is 6.10 Å². The van der Waals surface area contributed by atoms with Crippen LogP contribution in [0.3, 0.4) is 0 Å². The number of halogens is 1. The number of carbonyl (C=O) groups is 1. The van der Waals surface area contributed by atoms with Crippen molar-refractivity contribution in [3.63, 3.8) is 0 Å². The minimum atomic E-state index is -0.659. The third-order valence-electron chi connectivity index (χ3n) is 5.62. The van der Waals surface area contributed by atoms with Crippen molar-refractivity contribution in [3.05, 3.63) is 76.3 Å². The Morgan fingerprint density at radius 2 is 1.79 bits per heavy atom. The second-order valence-corrected chi connectivity index (χ2v) is 7.91. The first-order chi connectivity index (χ1) is 16.0. The van der Waals surface area contributed by atoms with E-state index in [1.165, 1.54) is 7.11 Å². The van der Waals surface area contributed by atoms with E-state index in [9.17, 15) is 4.79 Å². The number of hydrogen-bond acceptors (Lipinski definition) is 5. The number of methoxy groups -OCH3 is 3. The summed E-state index contributed by atoms with van der Waals surface area (Å²) in [5, 5.41) is 9.06. The van der Waals surface area contributed by atoms with Crippen LogP contribution in [0, 0.1) is 0 Å². The number of para-hydroxylation sites is 1. The molecule has 0 bridgehead atoms. The molecule has 1 heterocycles. The van der Waals surface area contributed by atoms with Gasteiger partial charge in [-0.3, -0.25) is 4.79 Å². The molecule has 0 unspecified atom stereocenters. The monoisotopic (exact) mass is 470 g/mol. The lowest BCUT2D eigenvalue weighted by molar-refractivity contribution is -0.124. The van der Waals surface area contributed by atoms with Crippen LogP contribution in [0.4, 0.5) is 5.69 Å². The van der Waals surface area contributed by atoms with Gasteiger partial charge in [0.05, 0.1) is 39.1 Å². The number of fused-ring (bicyclic) bond motifs is 1. The molecule has 0 spiro atoms. The maximum atomic E-state index is 13.2. The minimum Gasteiger partial charge on any atom is -0.590 e. The molecule has 0 aromatic heterocycles. The summed E-state index contributed by atoms with van der Waals surface area (Å²) in [5.74, 6) is 1.69. The van der Waals surface area contributed by atoms with E-state index in [0.29, 0.717) is 39.1 Å². The maximum Gasteiger partial charge on any atom is 0.303 e. The summed E-state index contributed by atoms with van der Waals surface area (Å²) >= 11 is 6.34. The summed E-state index contributed by atoms with van der Waals surface area (Å²) in [7, 11) is 4.68. The van der Waals surface area contributed by atoms with E-state index in [4.69, 9.17) is 35.7 Å². The van der Waals surface area contributed by atoms with Gasteiger partial charge in [0.25, 0.3) is 5.91 Å². The summed E-state index contributed by atoms with van der Waals surface area (Å²) in [6, 6.07) is 16.1. The fourth-order valence-corrected chi connectivity index (χ4v) is 4.14. The molecule has 0 aliphatic carbocycles. The van der Waals surface area contributed by atoms with Gasteiger partial charge >= 0.3 is 5.75 Å². The van der Waals surface area contributed by atoms with Crippen LogP contribution in [-0.4, -0.2) is 38.9 Å². The highest BCUT2D eigenvalue weighted by atomic mass is 35.5. The lowest BCUT2D eigenvalue weighted by atomic mass is 9.98. The van der Waals surface area contributed by atoms with Crippen molar-refractivity contribution in [2.75, 3.05) is 32.8 Å². The summed E-state index contributed by atoms with van der Waals surface area (Å²) in [6.07, 6.45) is -0.659. The summed E-state index contributed by atoms with van der Waals surface area (Å²) in [6.45, 7) is 0.106. The Kier molecular flexibility index (Phi) is 6.62. The molecule has 1 aliphatic heterocycles. The number of amides is 1. The number of carbonyl (C=O) groups excluding carboxylic acids is 1. The third kappa shape index (κ3) is 4.42. The van der Waals surface area contributed by atoms with E-state index in [2.05, 4.69) is 0 Å². The Morgan fingerprint density at radius 3 is 2.52 bits per heavy atom. The molecule has 8 heteroatoms. The molecular formula is C25H25ClNO6+. The quantitative estimate of drug-likeness (QED) is 0.497. The zero-order valence-corrected chi connectivity index (χ0v) is 19.3. The number of benzene rings is 3. The molecule has 172 valence electrons. The van der Waals surface area contributed by atoms with Crippen molar-refractivity contribution in [2.45, 2.75) is 12.6 Å². The largest absolute Gasteiger partial charge is 0.590 e. The zero-order valence-electron chi connectivity index (χ0n) is 18.6. The molecule has 1 aliphatic rings. The van der Waals surface area contributed by atoms with Crippen LogP contribution in [0.1, 0.15) is 22.8 Å². The highest BCUT2D eigenvalue weighted by molar-refractivity contribution is 6.30. The Balaban J connectivity index is 1.80. The standard InChI is InChI=1S/C25H24ClNO6/c1-30-17-9-7-15(22(12-17)32-3)13-27-20-10-8-16(26)11-19(20)25(33-14-23(27)28)18-5-4-6-21(31-2)24(18)29/h4-12,25,29H,13-14H2,1-3H3/p+1/t25-/m1/s1. The average molecular weight is 471 g/mol. The van der Waals surface area contributed by atoms with E-state index in [1.807, 2.05) is 12.1 Å². The van der Waals surface area contributed by atoms with Crippen molar-refractivity contribution in [1.82, 2.24) is 0 Å². The molecule has 3 aromatic carbocycles. The number of hydrogen-bond donors (Lipinski definition) is 0. The van der Waals surface area contributed by atoms with Crippen molar-refractivity contribution >= 4 is 23.2 Å². The van der Waals surface area contributed by atoms with Crippen LogP contribution in [0.25, 0.3) is 0 Å². The number of ether oxygens (including phenoxy) is 4. The van der Waals surface area contributed by atoms with E-state index >= 15 is 0 Å². The third-order valence-corrected chi connectivity index (χ3v) is 5.86. The number of rotatable bonds is 6. The second-order valence-electron chi connectivity index (χ2n) is 7.48. The molecule has 0 saturated heterocycles. The molecule has 33 heavy (non-hydrogen) atoms. The number of nitrogens with zero attached hydrogens (tertiary/aromatic N) is 1. The second kappa shape index (κ2) is 9.60. The number of anilines is 1. The minimum absolute atomic E-state index is 0.161. The van der Waals surface area contributed by atoms with Gasteiger partial charge in [0.2, 0.25) is 5.75 Å². The molecule has 0 radical (unpaired) electrons. The van der Waals surface area contributed by atoms with Gasteiger partial charge in [-0.05, 0) is 42.5 Å².